The Kier molecular flexibility index (Phi) is 5.88. The summed E-state index contributed by atoms with van der Waals surface area (Å²) < 4.78 is 5.39. The van der Waals surface area contributed by atoms with Gasteiger partial charge in [0.25, 0.3) is 0 Å². The van der Waals surface area contributed by atoms with Gasteiger partial charge in [0, 0.05) is 30.9 Å². The largest absolute Gasteiger partial charge is 0.379 e. The second-order valence-corrected chi connectivity index (χ2v) is 6.60. The third-order valence-corrected chi connectivity index (χ3v) is 4.59. The summed E-state index contributed by atoms with van der Waals surface area (Å²) in [7, 11) is 0. The van der Waals surface area contributed by atoms with Crippen LogP contribution in [0.4, 0.5) is 10.5 Å². The molecule has 1 saturated heterocycles. The molecule has 2 aliphatic rings. The second-order valence-electron chi connectivity index (χ2n) is 6.60. The molecule has 3 amide bonds. The lowest BCUT2D eigenvalue weighted by atomic mass is 10.1. The van der Waals surface area contributed by atoms with Crippen LogP contribution >= 0.6 is 0 Å². The van der Waals surface area contributed by atoms with Crippen LogP contribution < -0.4 is 16.0 Å². The highest BCUT2D eigenvalue weighted by atomic mass is 16.5. The van der Waals surface area contributed by atoms with E-state index in [0.717, 1.165) is 44.8 Å². The van der Waals surface area contributed by atoms with Crippen LogP contribution in [0.2, 0.25) is 0 Å². The lowest BCUT2D eigenvalue weighted by Crippen LogP contribution is -2.40. The first-order valence-electron chi connectivity index (χ1n) is 8.88. The van der Waals surface area contributed by atoms with Crippen LogP contribution in [0.25, 0.3) is 0 Å². The number of carbonyl (C=O) groups is 2. The molecule has 1 aromatic rings. The van der Waals surface area contributed by atoms with Gasteiger partial charge < -0.3 is 20.7 Å². The fraction of sp³-hybridized carbons (Fsp3) is 0.556. The first kappa shape index (κ1) is 17.7. The molecule has 1 saturated carbocycles. The average molecular weight is 346 g/mol. The Morgan fingerprint density at radius 1 is 1.20 bits per heavy atom. The van der Waals surface area contributed by atoms with Crippen LogP contribution in [0, 0.1) is 0 Å². The number of carbonyl (C=O) groups excluding carboxylic acids is 2. The van der Waals surface area contributed by atoms with E-state index >= 15 is 0 Å². The van der Waals surface area contributed by atoms with Crippen molar-refractivity contribution in [3.05, 3.63) is 29.8 Å². The number of ether oxygens (including phenoxy) is 1. The fourth-order valence-electron chi connectivity index (χ4n) is 2.85. The molecule has 0 aromatic heterocycles. The number of hydrogen-bond acceptors (Lipinski definition) is 4. The minimum atomic E-state index is -0.285. The lowest BCUT2D eigenvalue weighted by molar-refractivity contribution is -0.115. The highest BCUT2D eigenvalue weighted by molar-refractivity contribution is 5.94. The molecule has 1 aromatic carbocycles. The first-order valence-corrected chi connectivity index (χ1v) is 8.88. The number of morpholine rings is 1. The summed E-state index contributed by atoms with van der Waals surface area (Å²) in [5, 5.41) is 8.14. The third-order valence-electron chi connectivity index (χ3n) is 4.59. The van der Waals surface area contributed by atoms with Gasteiger partial charge in [0.1, 0.15) is 0 Å². The summed E-state index contributed by atoms with van der Waals surface area (Å²) in [6.07, 6.45) is 2.05. The van der Waals surface area contributed by atoms with E-state index in [1.54, 1.807) is 0 Å². The van der Waals surface area contributed by atoms with Crippen LogP contribution in [-0.4, -0.2) is 55.7 Å². The van der Waals surface area contributed by atoms with Gasteiger partial charge in [-0.3, -0.25) is 9.69 Å². The smallest absolute Gasteiger partial charge is 0.315 e. The summed E-state index contributed by atoms with van der Waals surface area (Å²) in [5.41, 5.74) is 1.94. The molecule has 7 nitrogen and oxygen atoms in total. The standard InChI is InChI=1S/C18H26N4O3/c1-13(22-8-10-25-11-9-22)14-2-4-15(5-3-14)20-17(23)12-19-18(24)21-16-6-7-16/h2-5,13,16H,6-12H2,1H3,(H,20,23)(H2,19,21,24)/t13-/m0/s1. The summed E-state index contributed by atoms with van der Waals surface area (Å²) >= 11 is 0. The van der Waals surface area contributed by atoms with Crippen molar-refractivity contribution in [3.8, 4) is 0 Å². The first-order chi connectivity index (χ1) is 12.1. The van der Waals surface area contributed by atoms with Crippen LogP contribution in [0.5, 0.6) is 0 Å². The minimum Gasteiger partial charge on any atom is -0.379 e. The summed E-state index contributed by atoms with van der Waals surface area (Å²) in [4.78, 5) is 25.8. The number of nitrogens with zero attached hydrogens (tertiary/aromatic N) is 1. The number of nitrogens with one attached hydrogen (secondary N) is 3. The normalized spacial score (nSPS) is 19.1. The SMILES string of the molecule is C[C@@H](c1ccc(NC(=O)CNC(=O)NC2CC2)cc1)N1CCOCC1. The van der Waals surface area contributed by atoms with Gasteiger partial charge in [-0.15, -0.1) is 0 Å². The number of urea groups is 1. The molecule has 3 N–H and O–H groups in total. The zero-order valence-corrected chi connectivity index (χ0v) is 14.6. The fourth-order valence-corrected chi connectivity index (χ4v) is 2.85. The maximum absolute atomic E-state index is 11.9. The molecule has 7 heteroatoms. The second kappa shape index (κ2) is 8.31. The van der Waals surface area contributed by atoms with Crippen LogP contribution in [0.1, 0.15) is 31.4 Å². The Morgan fingerprint density at radius 3 is 2.52 bits per heavy atom. The van der Waals surface area contributed by atoms with Crippen molar-refractivity contribution < 1.29 is 14.3 Å². The number of anilines is 1. The molecule has 3 rings (SSSR count). The van der Waals surface area contributed by atoms with Crippen molar-refractivity contribution in [2.75, 3.05) is 38.2 Å². The molecular weight excluding hydrogens is 320 g/mol. The monoisotopic (exact) mass is 346 g/mol. The maximum atomic E-state index is 11.9. The molecular formula is C18H26N4O3. The van der Waals surface area contributed by atoms with E-state index in [-0.39, 0.29) is 24.5 Å². The zero-order chi connectivity index (χ0) is 17.6. The third kappa shape index (κ3) is 5.44. The zero-order valence-electron chi connectivity index (χ0n) is 14.6. The van der Waals surface area contributed by atoms with Crippen molar-refractivity contribution in [2.24, 2.45) is 0 Å². The highest BCUT2D eigenvalue weighted by Gasteiger charge is 2.23. The van der Waals surface area contributed by atoms with E-state index in [2.05, 4.69) is 27.8 Å². The molecule has 1 aliphatic carbocycles. The van der Waals surface area contributed by atoms with Gasteiger partial charge >= 0.3 is 6.03 Å². The van der Waals surface area contributed by atoms with Gasteiger partial charge in [0.15, 0.2) is 0 Å². The van der Waals surface area contributed by atoms with Gasteiger partial charge in [0.05, 0.1) is 19.8 Å². The lowest BCUT2D eigenvalue weighted by Gasteiger charge is -2.32. The van der Waals surface area contributed by atoms with Crippen molar-refractivity contribution in [3.63, 3.8) is 0 Å². The Morgan fingerprint density at radius 2 is 1.88 bits per heavy atom. The van der Waals surface area contributed by atoms with Crippen LogP contribution in [-0.2, 0) is 9.53 Å². The summed E-state index contributed by atoms with van der Waals surface area (Å²) in [5.74, 6) is -0.236. The molecule has 25 heavy (non-hydrogen) atoms. The van der Waals surface area contributed by atoms with Gasteiger partial charge in [0.2, 0.25) is 5.91 Å². The molecule has 136 valence electrons. The maximum Gasteiger partial charge on any atom is 0.315 e. The molecule has 1 heterocycles. The van der Waals surface area contributed by atoms with Crippen molar-refractivity contribution >= 4 is 17.6 Å². The Labute approximate surface area is 148 Å². The molecule has 0 bridgehead atoms. The highest BCUT2D eigenvalue weighted by Crippen LogP contribution is 2.22. The van der Waals surface area contributed by atoms with Gasteiger partial charge in [-0.05, 0) is 37.5 Å². The average Bonchev–Trinajstić information content (AvgIpc) is 3.45. The number of amides is 3. The van der Waals surface area contributed by atoms with E-state index < -0.39 is 0 Å². The molecule has 1 atom stereocenters. The van der Waals surface area contributed by atoms with Crippen LogP contribution in [0.3, 0.4) is 0 Å². The molecule has 0 unspecified atom stereocenters. The molecule has 0 radical (unpaired) electrons. The van der Waals surface area contributed by atoms with Crippen molar-refractivity contribution in [1.29, 1.82) is 0 Å². The minimum absolute atomic E-state index is 0.0372. The summed E-state index contributed by atoms with van der Waals surface area (Å²) in [6, 6.07) is 8.17. The van der Waals surface area contributed by atoms with E-state index in [9.17, 15) is 9.59 Å². The van der Waals surface area contributed by atoms with Gasteiger partial charge in [-0.25, -0.2) is 4.79 Å². The molecule has 2 fully saturated rings. The predicted molar refractivity (Wildman–Crippen MR) is 95.4 cm³/mol. The number of rotatable bonds is 6. The van der Waals surface area contributed by atoms with E-state index in [1.807, 2.05) is 24.3 Å². The van der Waals surface area contributed by atoms with E-state index in [4.69, 9.17) is 4.74 Å². The molecule has 0 spiro atoms. The Hall–Kier alpha value is -2.12. The van der Waals surface area contributed by atoms with Crippen molar-refractivity contribution in [2.45, 2.75) is 31.8 Å². The Balaban J connectivity index is 1.44. The topological polar surface area (TPSA) is 82.7 Å². The quantitative estimate of drug-likeness (QED) is 0.729. The van der Waals surface area contributed by atoms with Gasteiger partial charge in [-0.2, -0.15) is 0 Å². The number of hydrogen-bond donors (Lipinski definition) is 3. The van der Waals surface area contributed by atoms with E-state index in [1.165, 1.54) is 5.56 Å². The predicted octanol–water partition coefficient (Wildman–Crippen LogP) is 1.48. The van der Waals surface area contributed by atoms with Crippen LogP contribution in [0.15, 0.2) is 24.3 Å². The van der Waals surface area contributed by atoms with E-state index in [0.29, 0.717) is 6.04 Å². The number of benzene rings is 1. The summed E-state index contributed by atoms with van der Waals surface area (Å²) in [6.45, 7) is 5.58. The molecule has 1 aliphatic heterocycles. The van der Waals surface area contributed by atoms with Crippen molar-refractivity contribution in [1.82, 2.24) is 15.5 Å². The van der Waals surface area contributed by atoms with Gasteiger partial charge in [-0.1, -0.05) is 12.1 Å². The Bertz CT molecular complexity index is 595.